The van der Waals surface area contributed by atoms with E-state index in [4.69, 9.17) is 11.6 Å². The van der Waals surface area contributed by atoms with E-state index < -0.39 is 20.2 Å². The second-order valence-corrected chi connectivity index (χ2v) is 16.7. The van der Waals surface area contributed by atoms with E-state index in [9.17, 15) is 25.9 Å². The van der Waals surface area contributed by atoms with Crippen molar-refractivity contribution in [2.24, 2.45) is 0 Å². The van der Waals surface area contributed by atoms with Crippen LogP contribution >= 0.6 is 46.0 Å². The number of halogens is 1. The Labute approximate surface area is 266 Å². The lowest BCUT2D eigenvalue weighted by Crippen LogP contribution is -2.36. The first-order valence-electron chi connectivity index (χ1n) is 13.3. The zero-order valence-electron chi connectivity index (χ0n) is 22.5. The quantitative estimate of drug-likeness (QED) is 0.117. The first kappa shape index (κ1) is 30.5. The normalized spacial score (nSPS) is 14.8. The molecule has 0 amide bonds. The van der Waals surface area contributed by atoms with Crippen LogP contribution in [-0.2, 0) is 26.8 Å². The molecule has 8 nitrogen and oxygen atoms in total. The largest absolute Gasteiger partial charge is 0.335 e. The molecule has 2 N–H and O–H groups in total. The standard InChI is InChI=1S/C29H25ClN2O6S5/c30-21-7-9-26-24(17-21)32(12-3-15-43(36,37)38)28(41-26)18-27-31(11-2-14-42(33,34)35)23-16-20(6-8-25(23)40-27)22-5-1-4-19-10-13-39-29(19)22/h1,4-10,13,16-18H,2-3,11-12,14-15H2,(H-,33,34,35,36,37,38)/p+1. The number of benzene rings is 3. The first-order chi connectivity index (χ1) is 20.4. The molecule has 0 unspecified atom stereocenters. The fourth-order valence-electron chi connectivity index (χ4n) is 5.16. The molecule has 0 spiro atoms. The van der Waals surface area contributed by atoms with Crippen LogP contribution in [0.3, 0.4) is 0 Å². The fourth-order valence-corrected chi connectivity index (χ4v) is 9.53. The van der Waals surface area contributed by atoms with Gasteiger partial charge in [0.2, 0.25) is 5.52 Å². The average molecular weight is 694 g/mol. The summed E-state index contributed by atoms with van der Waals surface area (Å²) in [6.45, 7) is 0.701. The molecule has 1 aliphatic heterocycles. The minimum Gasteiger partial charge on any atom is -0.335 e. The zero-order chi connectivity index (χ0) is 30.4. The van der Waals surface area contributed by atoms with Gasteiger partial charge in [0.15, 0.2) is 6.54 Å². The molecule has 2 aromatic heterocycles. The van der Waals surface area contributed by atoms with E-state index in [0.717, 1.165) is 42.0 Å². The zero-order valence-corrected chi connectivity index (χ0v) is 27.4. The Kier molecular flexibility index (Phi) is 8.61. The minimum atomic E-state index is -4.12. The van der Waals surface area contributed by atoms with Gasteiger partial charge < -0.3 is 4.90 Å². The number of nitrogens with zero attached hydrogens (tertiary/aromatic N) is 2. The number of aryl methyl sites for hydroxylation is 1. The number of hydrogen-bond acceptors (Lipinski definition) is 8. The summed E-state index contributed by atoms with van der Waals surface area (Å²) in [7, 11) is -8.24. The molecular formula is C29H26ClN2O6S5+. The van der Waals surface area contributed by atoms with Crippen molar-refractivity contribution in [2.75, 3.05) is 23.0 Å². The molecule has 3 aromatic carbocycles. The van der Waals surface area contributed by atoms with Crippen molar-refractivity contribution in [1.29, 1.82) is 0 Å². The molecule has 0 atom stereocenters. The van der Waals surface area contributed by atoms with Crippen molar-refractivity contribution >= 4 is 98.3 Å². The highest BCUT2D eigenvalue weighted by atomic mass is 35.5. The third kappa shape index (κ3) is 6.94. The Balaban J connectivity index is 1.44. The number of aromatic nitrogens is 1. The predicted octanol–water partition coefficient (Wildman–Crippen LogP) is 7.19. The first-order valence-corrected chi connectivity index (χ1v) is 19.4. The lowest BCUT2D eigenvalue weighted by molar-refractivity contribution is -0.668. The van der Waals surface area contributed by atoms with Crippen molar-refractivity contribution in [2.45, 2.75) is 24.3 Å². The van der Waals surface area contributed by atoms with Crippen LogP contribution in [-0.4, -0.2) is 44.0 Å². The van der Waals surface area contributed by atoms with Gasteiger partial charge in [0.25, 0.3) is 25.2 Å². The number of thiophene rings is 1. The highest BCUT2D eigenvalue weighted by molar-refractivity contribution is 8.04. The number of hydrogen-bond donors (Lipinski definition) is 2. The van der Waals surface area contributed by atoms with Gasteiger partial charge in [0, 0.05) is 33.6 Å². The van der Waals surface area contributed by atoms with Crippen LogP contribution in [0.5, 0.6) is 0 Å². The number of thiazole rings is 1. The number of rotatable bonds is 10. The van der Waals surface area contributed by atoms with Gasteiger partial charge in [-0.2, -0.15) is 21.4 Å². The van der Waals surface area contributed by atoms with Crippen molar-refractivity contribution in [3.05, 3.63) is 81.1 Å². The molecule has 0 aliphatic carbocycles. The summed E-state index contributed by atoms with van der Waals surface area (Å²) >= 11 is 11.1. The lowest BCUT2D eigenvalue weighted by atomic mass is 10.0. The Bertz CT molecular complexity index is 2100. The Morgan fingerprint density at radius 2 is 1.72 bits per heavy atom. The van der Waals surface area contributed by atoms with Gasteiger partial charge in [-0.1, -0.05) is 59.0 Å². The summed E-state index contributed by atoms with van der Waals surface area (Å²) in [6, 6.07) is 20.2. The van der Waals surface area contributed by atoms with Crippen molar-refractivity contribution in [1.82, 2.24) is 0 Å². The van der Waals surface area contributed by atoms with E-state index in [0.29, 0.717) is 18.1 Å². The molecule has 6 rings (SSSR count). The molecular weight excluding hydrogens is 668 g/mol. The van der Waals surface area contributed by atoms with Crippen LogP contribution < -0.4 is 9.47 Å². The fraction of sp³-hybridized carbons (Fsp3) is 0.207. The maximum atomic E-state index is 11.5. The molecule has 0 saturated heterocycles. The van der Waals surface area contributed by atoms with Crippen LogP contribution in [0.1, 0.15) is 17.8 Å². The molecule has 0 fully saturated rings. The topological polar surface area (TPSA) is 116 Å². The Morgan fingerprint density at radius 3 is 2.51 bits per heavy atom. The maximum Gasteiger partial charge on any atom is 0.265 e. The van der Waals surface area contributed by atoms with E-state index in [-0.39, 0.29) is 24.3 Å². The lowest BCUT2D eigenvalue weighted by Gasteiger charge is -2.20. The molecule has 14 heteroatoms. The minimum absolute atomic E-state index is 0.209. The molecule has 224 valence electrons. The summed E-state index contributed by atoms with van der Waals surface area (Å²) in [5.74, 6) is -0.725. The number of thioether (sulfide) groups is 1. The SMILES string of the molecule is O=S(=O)(O)CCCN1C(=Cc2sc3ccc(-c4cccc5ccsc45)cc3[n+]2CCCS(=O)(=O)O)Sc2ccc(Cl)cc21. The number of fused-ring (bicyclic) bond motifs is 3. The van der Waals surface area contributed by atoms with E-state index in [1.165, 1.54) is 21.8 Å². The summed E-state index contributed by atoms with van der Waals surface area (Å²) < 4.78 is 68.9. The van der Waals surface area contributed by atoms with Gasteiger partial charge >= 0.3 is 0 Å². The summed E-state index contributed by atoms with van der Waals surface area (Å²) in [5, 5.41) is 5.52. The van der Waals surface area contributed by atoms with Crippen LogP contribution in [0.25, 0.3) is 37.5 Å². The van der Waals surface area contributed by atoms with Crippen LogP contribution in [0, 0.1) is 0 Å². The van der Waals surface area contributed by atoms with Crippen molar-refractivity contribution < 1.29 is 30.5 Å². The Hall–Kier alpha value is -2.49. The molecule has 1 aliphatic rings. The van der Waals surface area contributed by atoms with E-state index >= 15 is 0 Å². The predicted molar refractivity (Wildman–Crippen MR) is 178 cm³/mol. The maximum absolute atomic E-state index is 11.5. The van der Waals surface area contributed by atoms with Crippen LogP contribution in [0.2, 0.25) is 5.02 Å². The molecule has 5 aromatic rings. The van der Waals surface area contributed by atoms with Crippen LogP contribution in [0.4, 0.5) is 5.69 Å². The van der Waals surface area contributed by atoms with Crippen molar-refractivity contribution in [3.63, 3.8) is 0 Å². The third-order valence-electron chi connectivity index (χ3n) is 7.03. The van der Waals surface area contributed by atoms with Gasteiger partial charge in [-0.15, -0.1) is 11.3 Å². The van der Waals surface area contributed by atoms with Gasteiger partial charge in [-0.25, -0.2) is 0 Å². The third-order valence-corrected chi connectivity index (χ3v) is 12.1. The van der Waals surface area contributed by atoms with Gasteiger partial charge in [-0.3, -0.25) is 9.11 Å². The van der Waals surface area contributed by atoms with E-state index in [1.54, 1.807) is 28.7 Å². The van der Waals surface area contributed by atoms with Gasteiger partial charge in [-0.05, 0) is 58.6 Å². The van der Waals surface area contributed by atoms with Crippen LogP contribution in [0.15, 0.2) is 76.0 Å². The molecule has 0 saturated carbocycles. The molecule has 0 bridgehead atoms. The smallest absolute Gasteiger partial charge is 0.265 e. The van der Waals surface area contributed by atoms with E-state index in [2.05, 4.69) is 46.3 Å². The van der Waals surface area contributed by atoms with Gasteiger partial charge in [0.05, 0.1) is 28.3 Å². The second-order valence-electron chi connectivity index (χ2n) is 10.0. The van der Waals surface area contributed by atoms with Gasteiger partial charge in [0.1, 0.15) is 4.70 Å². The highest BCUT2D eigenvalue weighted by Crippen LogP contribution is 2.48. The monoisotopic (exact) mass is 693 g/mol. The molecule has 3 heterocycles. The summed E-state index contributed by atoms with van der Waals surface area (Å²) in [5.41, 5.74) is 3.96. The van der Waals surface area contributed by atoms with Crippen molar-refractivity contribution in [3.8, 4) is 11.1 Å². The molecule has 0 radical (unpaired) electrons. The second kappa shape index (κ2) is 12.1. The summed E-state index contributed by atoms with van der Waals surface area (Å²) in [4.78, 5) is 2.96. The average Bonchev–Trinajstić information content (AvgIpc) is 3.63. The highest BCUT2D eigenvalue weighted by Gasteiger charge is 2.29. The van der Waals surface area contributed by atoms with E-state index in [1.807, 2.05) is 29.2 Å². The molecule has 43 heavy (non-hydrogen) atoms. The Morgan fingerprint density at radius 1 is 0.930 bits per heavy atom. The summed E-state index contributed by atoms with van der Waals surface area (Å²) in [6.07, 6.45) is 2.45. The number of anilines is 1.